The average molecular weight is 432 g/mol. The summed E-state index contributed by atoms with van der Waals surface area (Å²) in [6.45, 7) is 7.70. The molecule has 5 heteroatoms. The molecule has 0 rings (SSSR count). The molecule has 0 radical (unpaired) electrons. The van der Waals surface area contributed by atoms with Crippen LogP contribution in [0.2, 0.25) is 0 Å². The van der Waals surface area contributed by atoms with E-state index in [1.54, 1.807) is 23.5 Å². The average Bonchev–Trinajstić information content (AvgIpc) is 2.15. The summed E-state index contributed by atoms with van der Waals surface area (Å²) in [5.41, 5.74) is 0. The molecular weight excluding hydrogens is 412 g/mol. The van der Waals surface area contributed by atoms with Crippen LogP contribution in [0.1, 0.15) is 13.8 Å². The van der Waals surface area contributed by atoms with E-state index in [9.17, 15) is 0 Å². The van der Waals surface area contributed by atoms with Crippen molar-refractivity contribution in [3.05, 3.63) is 12.3 Å². The molecule has 2 atom stereocenters. The Morgan fingerprint density at radius 2 is 1.56 bits per heavy atom. The molecule has 0 aliphatic heterocycles. The number of allylic oxidation sites excluding steroid dienone is 1. The van der Waals surface area contributed by atoms with Crippen molar-refractivity contribution in [3.8, 4) is 0 Å². The summed E-state index contributed by atoms with van der Waals surface area (Å²) in [6, 6.07) is 0. The molecular formula is C11H20O2S2W. The van der Waals surface area contributed by atoms with Gasteiger partial charge in [0.25, 0.3) is 0 Å². The summed E-state index contributed by atoms with van der Waals surface area (Å²) in [7, 11) is 0. The quantitative estimate of drug-likeness (QED) is 0.522. The van der Waals surface area contributed by atoms with Crippen LogP contribution in [0.4, 0.5) is 0 Å². The van der Waals surface area contributed by atoms with Crippen LogP contribution < -0.4 is 0 Å². The minimum absolute atomic E-state index is 0.0919. The molecule has 2 nitrogen and oxygen atoms in total. The maximum absolute atomic E-state index is 5.86. The van der Waals surface area contributed by atoms with E-state index in [2.05, 4.69) is 19.1 Å². The van der Waals surface area contributed by atoms with Gasteiger partial charge in [0.2, 0.25) is 0 Å². The summed E-state index contributed by atoms with van der Waals surface area (Å²) < 4.78 is 12.7. The Kier molecular flexibility index (Phi) is 10.2. The van der Waals surface area contributed by atoms with Crippen LogP contribution in [-0.4, -0.2) is 40.3 Å². The number of ether oxygens (including phenoxy) is 2. The van der Waals surface area contributed by atoms with Crippen molar-refractivity contribution in [2.45, 2.75) is 26.1 Å². The van der Waals surface area contributed by atoms with Crippen molar-refractivity contribution in [2.75, 3.05) is 24.0 Å². The van der Waals surface area contributed by atoms with E-state index in [0.29, 0.717) is 0 Å². The van der Waals surface area contributed by atoms with E-state index in [1.807, 2.05) is 13.8 Å². The van der Waals surface area contributed by atoms with Gasteiger partial charge in [-0.2, -0.15) is 0 Å². The van der Waals surface area contributed by atoms with Gasteiger partial charge in [-0.05, 0) is 0 Å². The second-order valence-electron chi connectivity index (χ2n) is 3.42. The summed E-state index contributed by atoms with van der Waals surface area (Å²) in [5.74, 6) is 2.64. The number of rotatable bonds is 9. The van der Waals surface area contributed by atoms with Gasteiger partial charge in [-0.1, -0.05) is 0 Å². The molecule has 0 aromatic heterocycles. The van der Waals surface area contributed by atoms with Crippen LogP contribution in [0.25, 0.3) is 0 Å². The molecule has 0 spiro atoms. The maximum atomic E-state index is 5.86. The van der Waals surface area contributed by atoms with Crippen LogP contribution in [0.3, 0.4) is 0 Å². The zero-order chi connectivity index (χ0) is 12.6. The van der Waals surface area contributed by atoms with E-state index in [-0.39, 0.29) is 12.2 Å². The van der Waals surface area contributed by atoms with Crippen LogP contribution in [0, 0.1) is 0 Å². The molecule has 2 unspecified atom stereocenters. The Balaban J connectivity index is 4.49. The van der Waals surface area contributed by atoms with Crippen LogP contribution in [0.5, 0.6) is 0 Å². The molecule has 0 saturated heterocycles. The molecule has 0 aliphatic rings. The molecule has 0 aliphatic carbocycles. The predicted molar refractivity (Wildman–Crippen MR) is 72.0 cm³/mol. The van der Waals surface area contributed by atoms with Crippen molar-refractivity contribution in [3.63, 3.8) is 0 Å². The first-order chi connectivity index (χ1) is 7.51. The summed E-state index contributed by atoms with van der Waals surface area (Å²) in [4.78, 5) is 0. The molecule has 0 aromatic rings. The van der Waals surface area contributed by atoms with E-state index in [1.165, 1.54) is 19.4 Å². The molecule has 0 amide bonds. The van der Waals surface area contributed by atoms with Crippen molar-refractivity contribution < 1.29 is 28.8 Å². The standard InChI is InChI=1S/C11H20O2S2.W/c1-6-12-10(7-14-4)11(8-15-5)13-9(2)3;/h10-11H,2,7-8H2,1,3-5H3;. The predicted octanol–water partition coefficient (Wildman–Crippen LogP) is 2.71. The zero-order valence-corrected chi connectivity index (χ0v) is 14.9. The second-order valence-corrected chi connectivity index (χ2v) is 7.30. The molecule has 0 fully saturated rings. The Morgan fingerprint density at radius 3 is 1.88 bits per heavy atom. The molecule has 0 heterocycles. The topological polar surface area (TPSA) is 18.5 Å². The van der Waals surface area contributed by atoms with E-state index in [4.69, 9.17) is 9.47 Å². The number of hydrogen-bond acceptors (Lipinski definition) is 4. The van der Waals surface area contributed by atoms with Crippen LogP contribution >= 0.6 is 23.5 Å². The summed E-state index contributed by atoms with van der Waals surface area (Å²) in [6.07, 6.45) is 4.38. The van der Waals surface area contributed by atoms with E-state index >= 15 is 0 Å². The molecule has 0 saturated carbocycles. The minimum atomic E-state index is 0.0919. The Hall–Kier alpha value is 0.758. The van der Waals surface area contributed by atoms with Gasteiger partial charge in [-0.3, -0.25) is 0 Å². The third-order valence-corrected chi connectivity index (χ3v) is 3.42. The van der Waals surface area contributed by atoms with Crippen LogP contribution in [-0.2, 0) is 28.8 Å². The Morgan fingerprint density at radius 1 is 1.12 bits per heavy atom. The summed E-state index contributed by atoms with van der Waals surface area (Å²) in [5, 5.41) is 0. The third-order valence-electron chi connectivity index (χ3n) is 1.75. The monoisotopic (exact) mass is 432 g/mol. The Bertz CT molecular complexity index is 210. The molecule has 0 bridgehead atoms. The Labute approximate surface area is 118 Å². The van der Waals surface area contributed by atoms with Gasteiger partial charge in [-0.15, -0.1) is 0 Å². The molecule has 94 valence electrons. The second kappa shape index (κ2) is 9.75. The van der Waals surface area contributed by atoms with Crippen LogP contribution in [0.15, 0.2) is 12.3 Å². The normalized spacial score (nSPS) is 14.2. The first-order valence-electron chi connectivity index (χ1n) is 4.98. The third kappa shape index (κ3) is 7.94. The fourth-order valence-corrected chi connectivity index (χ4v) is 2.90. The van der Waals surface area contributed by atoms with Crippen molar-refractivity contribution >= 4 is 27.6 Å². The van der Waals surface area contributed by atoms with Gasteiger partial charge in [0.15, 0.2) is 0 Å². The van der Waals surface area contributed by atoms with Crippen molar-refractivity contribution in [2.24, 2.45) is 0 Å². The summed E-state index contributed by atoms with van der Waals surface area (Å²) >= 11 is 4.93. The molecule has 0 N–H and O–H groups in total. The first kappa shape index (κ1) is 16.8. The van der Waals surface area contributed by atoms with Gasteiger partial charge < -0.3 is 0 Å². The first-order valence-corrected chi connectivity index (χ1v) is 9.24. The van der Waals surface area contributed by atoms with Gasteiger partial charge in [0.1, 0.15) is 0 Å². The van der Waals surface area contributed by atoms with Gasteiger partial charge >= 0.3 is 119 Å². The number of thioether (sulfide) groups is 2. The zero-order valence-electron chi connectivity index (χ0n) is 10.3. The molecule has 0 aromatic carbocycles. The van der Waals surface area contributed by atoms with E-state index in [0.717, 1.165) is 21.3 Å². The van der Waals surface area contributed by atoms with Crippen molar-refractivity contribution in [1.82, 2.24) is 0 Å². The SMILES string of the molecule is C=C(C)OC(CSC)C(CSC)O[C](C)=[W]. The van der Waals surface area contributed by atoms with Gasteiger partial charge in [0.05, 0.1) is 0 Å². The van der Waals surface area contributed by atoms with Crippen molar-refractivity contribution in [1.29, 1.82) is 0 Å². The van der Waals surface area contributed by atoms with Gasteiger partial charge in [0, 0.05) is 0 Å². The van der Waals surface area contributed by atoms with E-state index < -0.39 is 0 Å². The fraction of sp³-hybridized carbons (Fsp3) is 0.727. The van der Waals surface area contributed by atoms with Gasteiger partial charge in [-0.25, -0.2) is 0 Å². The number of hydrogen-bond donors (Lipinski definition) is 0. The fourth-order valence-electron chi connectivity index (χ4n) is 1.23. The molecule has 16 heavy (non-hydrogen) atoms.